The van der Waals surface area contributed by atoms with Gasteiger partial charge in [0.1, 0.15) is 11.4 Å². The number of halogens is 1. The molecule has 0 spiro atoms. The van der Waals surface area contributed by atoms with Gasteiger partial charge in [-0.15, -0.1) is 0 Å². The molecule has 0 bridgehead atoms. The van der Waals surface area contributed by atoms with E-state index in [1.54, 1.807) is 12.1 Å². The quantitative estimate of drug-likeness (QED) is 0.595. The van der Waals surface area contributed by atoms with Gasteiger partial charge in [0.25, 0.3) is 5.91 Å². The molecule has 142 valence electrons. The maximum Gasteiger partial charge on any atom is 0.270 e. The predicted octanol–water partition coefficient (Wildman–Crippen LogP) is 3.55. The monoisotopic (exact) mass is 395 g/mol. The topological polar surface area (TPSA) is 91.3 Å². The first kappa shape index (κ1) is 19.4. The second kappa shape index (κ2) is 9.01. The van der Waals surface area contributed by atoms with Crippen molar-refractivity contribution in [3.63, 3.8) is 0 Å². The molecule has 0 atom stereocenters. The van der Waals surface area contributed by atoms with Gasteiger partial charge in [-0.1, -0.05) is 41.9 Å². The Kier molecular flexibility index (Phi) is 6.24. The van der Waals surface area contributed by atoms with Crippen LogP contribution in [0.25, 0.3) is 0 Å². The highest BCUT2D eigenvalue weighted by Gasteiger charge is 2.11. The highest BCUT2D eigenvalue weighted by molar-refractivity contribution is 6.30. The minimum atomic E-state index is -0.348. The Bertz CT molecular complexity index is 993. The lowest BCUT2D eigenvalue weighted by molar-refractivity contribution is -0.115. The number of carbonyl (C=O) groups excluding carboxylic acids is 2. The van der Waals surface area contributed by atoms with Crippen LogP contribution in [0.2, 0.25) is 5.02 Å². The van der Waals surface area contributed by atoms with Gasteiger partial charge in [0.2, 0.25) is 5.91 Å². The fourth-order valence-electron chi connectivity index (χ4n) is 2.58. The van der Waals surface area contributed by atoms with Gasteiger partial charge in [-0.05, 0) is 35.9 Å². The summed E-state index contributed by atoms with van der Waals surface area (Å²) >= 11 is 5.89. The Morgan fingerprint density at radius 1 is 1.04 bits per heavy atom. The molecule has 3 N–H and O–H groups in total. The molecule has 1 aromatic heterocycles. The molecule has 0 aliphatic heterocycles. The van der Waals surface area contributed by atoms with Crippen LogP contribution >= 0.6 is 11.6 Å². The average molecular weight is 396 g/mol. The molecular formula is C21H18ClN3O3. The van der Waals surface area contributed by atoms with Gasteiger partial charge in [0, 0.05) is 29.0 Å². The zero-order chi connectivity index (χ0) is 19.9. The van der Waals surface area contributed by atoms with Crippen molar-refractivity contribution >= 4 is 29.1 Å². The summed E-state index contributed by atoms with van der Waals surface area (Å²) in [5.41, 5.74) is 2.02. The number of nitrogens with zero attached hydrogens (tertiary/aromatic N) is 1. The number of hydrogen-bond acceptors (Lipinski definition) is 4. The molecule has 7 heteroatoms. The maximum atomic E-state index is 12.3. The standard InChI is InChI=1S/C21H18ClN3O3/c22-16-6-7-19(26)15(10-16)11-20(27)25-17-8-9-23-18(12-17)21(28)24-13-14-4-2-1-3-5-14/h1-10,12,26H,11,13H2,(H,24,28)(H,23,25,27). The smallest absolute Gasteiger partial charge is 0.270 e. The van der Waals surface area contributed by atoms with Crippen molar-refractivity contribution in [2.75, 3.05) is 5.32 Å². The predicted molar refractivity (Wildman–Crippen MR) is 107 cm³/mol. The van der Waals surface area contributed by atoms with Crippen LogP contribution in [0, 0.1) is 0 Å². The van der Waals surface area contributed by atoms with E-state index in [0.717, 1.165) is 5.56 Å². The molecule has 3 rings (SSSR count). The summed E-state index contributed by atoms with van der Waals surface area (Å²) in [4.78, 5) is 28.6. The van der Waals surface area contributed by atoms with Crippen LogP contribution < -0.4 is 10.6 Å². The molecule has 0 unspecified atom stereocenters. The normalized spacial score (nSPS) is 10.3. The molecule has 0 saturated carbocycles. The van der Waals surface area contributed by atoms with Gasteiger partial charge < -0.3 is 15.7 Å². The number of amides is 2. The first-order chi connectivity index (χ1) is 13.5. The van der Waals surface area contributed by atoms with E-state index in [4.69, 9.17) is 11.6 Å². The second-order valence-electron chi connectivity index (χ2n) is 6.10. The molecule has 2 aromatic carbocycles. The third-order valence-corrected chi connectivity index (χ3v) is 4.20. The van der Waals surface area contributed by atoms with Gasteiger partial charge in [0.05, 0.1) is 6.42 Å². The lowest BCUT2D eigenvalue weighted by Crippen LogP contribution is -2.24. The lowest BCUT2D eigenvalue weighted by atomic mass is 10.1. The summed E-state index contributed by atoms with van der Waals surface area (Å²) in [5.74, 6) is -0.692. The molecule has 0 aliphatic rings. The molecule has 0 fully saturated rings. The zero-order valence-electron chi connectivity index (χ0n) is 14.9. The zero-order valence-corrected chi connectivity index (χ0v) is 15.6. The fourth-order valence-corrected chi connectivity index (χ4v) is 2.77. The van der Waals surface area contributed by atoms with E-state index < -0.39 is 0 Å². The number of anilines is 1. The van der Waals surface area contributed by atoms with Crippen LogP contribution in [0.3, 0.4) is 0 Å². The van der Waals surface area contributed by atoms with E-state index in [1.165, 1.54) is 24.4 Å². The number of aromatic nitrogens is 1. The molecule has 0 aliphatic carbocycles. The maximum absolute atomic E-state index is 12.3. The number of rotatable bonds is 6. The SMILES string of the molecule is O=C(Cc1cc(Cl)ccc1O)Nc1ccnc(C(=O)NCc2ccccc2)c1. The molecule has 0 radical (unpaired) electrons. The molecule has 1 heterocycles. The Balaban J connectivity index is 1.61. The summed E-state index contributed by atoms with van der Waals surface area (Å²) in [6.07, 6.45) is 1.40. The van der Waals surface area contributed by atoms with E-state index in [-0.39, 0.29) is 29.7 Å². The second-order valence-corrected chi connectivity index (χ2v) is 6.53. The molecule has 6 nitrogen and oxygen atoms in total. The third kappa shape index (κ3) is 5.31. The molecule has 2 amide bonds. The highest BCUT2D eigenvalue weighted by Crippen LogP contribution is 2.22. The van der Waals surface area contributed by atoms with Crippen molar-refractivity contribution in [3.05, 3.63) is 88.7 Å². The van der Waals surface area contributed by atoms with Crippen LogP contribution in [0.4, 0.5) is 5.69 Å². The summed E-state index contributed by atoms with van der Waals surface area (Å²) < 4.78 is 0. The van der Waals surface area contributed by atoms with Crippen LogP contribution in [-0.4, -0.2) is 21.9 Å². The largest absolute Gasteiger partial charge is 0.508 e. The highest BCUT2D eigenvalue weighted by atomic mass is 35.5. The minimum Gasteiger partial charge on any atom is -0.508 e. The van der Waals surface area contributed by atoms with Gasteiger partial charge in [-0.3, -0.25) is 14.6 Å². The molecule has 28 heavy (non-hydrogen) atoms. The van der Waals surface area contributed by atoms with E-state index >= 15 is 0 Å². The van der Waals surface area contributed by atoms with Crippen molar-refractivity contribution in [2.45, 2.75) is 13.0 Å². The summed E-state index contributed by atoms with van der Waals surface area (Å²) in [5, 5.41) is 15.7. The number of nitrogens with one attached hydrogen (secondary N) is 2. The van der Waals surface area contributed by atoms with Crippen molar-refractivity contribution in [3.8, 4) is 5.75 Å². The Morgan fingerprint density at radius 2 is 1.82 bits per heavy atom. The van der Waals surface area contributed by atoms with Crippen molar-refractivity contribution in [1.29, 1.82) is 0 Å². The number of phenolic OH excluding ortho intramolecular Hbond substituents is 1. The minimum absolute atomic E-state index is 0.00439. The van der Waals surface area contributed by atoms with Gasteiger partial charge in [-0.2, -0.15) is 0 Å². The lowest BCUT2D eigenvalue weighted by Gasteiger charge is -2.09. The number of benzene rings is 2. The van der Waals surface area contributed by atoms with Gasteiger partial charge in [-0.25, -0.2) is 0 Å². The van der Waals surface area contributed by atoms with Crippen LogP contribution in [0.5, 0.6) is 5.75 Å². The number of aromatic hydroxyl groups is 1. The summed E-state index contributed by atoms with van der Waals surface area (Å²) in [7, 11) is 0. The van der Waals surface area contributed by atoms with Crippen molar-refractivity contribution < 1.29 is 14.7 Å². The summed E-state index contributed by atoms with van der Waals surface area (Å²) in [6, 6.07) is 17.1. The number of phenols is 1. The third-order valence-electron chi connectivity index (χ3n) is 3.96. The molecule has 0 saturated heterocycles. The first-order valence-corrected chi connectivity index (χ1v) is 8.94. The Morgan fingerprint density at radius 3 is 2.61 bits per heavy atom. The fraction of sp³-hybridized carbons (Fsp3) is 0.0952. The van der Waals surface area contributed by atoms with Crippen molar-refractivity contribution in [1.82, 2.24) is 10.3 Å². The summed E-state index contributed by atoms with van der Waals surface area (Å²) in [6.45, 7) is 0.381. The van der Waals surface area contributed by atoms with E-state index in [0.29, 0.717) is 22.8 Å². The molecule has 3 aromatic rings. The van der Waals surface area contributed by atoms with Gasteiger partial charge >= 0.3 is 0 Å². The molecular weight excluding hydrogens is 378 g/mol. The van der Waals surface area contributed by atoms with Crippen LogP contribution in [-0.2, 0) is 17.8 Å². The van der Waals surface area contributed by atoms with E-state index in [9.17, 15) is 14.7 Å². The Labute approximate surface area is 167 Å². The average Bonchev–Trinajstić information content (AvgIpc) is 2.70. The van der Waals surface area contributed by atoms with Crippen LogP contribution in [0.15, 0.2) is 66.9 Å². The number of carbonyl (C=O) groups is 2. The van der Waals surface area contributed by atoms with Crippen LogP contribution in [0.1, 0.15) is 21.6 Å². The number of pyridine rings is 1. The van der Waals surface area contributed by atoms with Crippen molar-refractivity contribution in [2.24, 2.45) is 0 Å². The number of hydrogen-bond donors (Lipinski definition) is 3. The van der Waals surface area contributed by atoms with E-state index in [2.05, 4.69) is 15.6 Å². The van der Waals surface area contributed by atoms with Gasteiger partial charge in [0.15, 0.2) is 0 Å². The Hall–Kier alpha value is -3.38. The van der Waals surface area contributed by atoms with E-state index in [1.807, 2.05) is 30.3 Å². The first-order valence-electron chi connectivity index (χ1n) is 8.56.